The summed E-state index contributed by atoms with van der Waals surface area (Å²) in [5.74, 6) is 0. The van der Waals surface area contributed by atoms with Gasteiger partial charge >= 0.3 is 63.2 Å². The number of hydrogen-bond acceptors (Lipinski definition) is 18. The molecule has 0 unspecified atom stereocenters. The van der Waals surface area contributed by atoms with E-state index in [0.29, 0.717) is 0 Å². The van der Waals surface area contributed by atoms with Gasteiger partial charge in [0.05, 0.1) is 0 Å². The van der Waals surface area contributed by atoms with Crippen molar-refractivity contribution < 1.29 is 107 Å². The molecule has 146 valence electrons. The molecule has 9 nitrogen and oxygen atoms in total. The Morgan fingerprint density at radius 1 is 0.440 bits per heavy atom. The Hall–Kier alpha value is 5.76. The molecule has 0 aromatic heterocycles. The van der Waals surface area contributed by atoms with Crippen molar-refractivity contribution in [3.05, 3.63) is 0 Å². The third-order valence-electron chi connectivity index (χ3n) is 0. The molecule has 0 aromatic rings. The fourth-order valence-corrected chi connectivity index (χ4v) is 0. The van der Waals surface area contributed by atoms with Crippen molar-refractivity contribution in [2.75, 3.05) is 0 Å². The zero-order valence-electron chi connectivity index (χ0n) is 10.4. The third-order valence-corrected chi connectivity index (χ3v) is 0. The van der Waals surface area contributed by atoms with Crippen LogP contribution in [0.25, 0.3) is 0 Å². The molecule has 0 radical (unpaired) electrons. The molecule has 0 aliphatic rings. The second-order valence-electron chi connectivity index (χ2n) is 1.79. The predicted octanol–water partition coefficient (Wildman–Crippen LogP) is -6.43. The van der Waals surface area contributed by atoms with E-state index in [1.807, 2.05) is 0 Å². The Bertz CT molecular complexity index is 325. The topological polar surface area (TPSA) is 202 Å². The van der Waals surface area contributed by atoms with Crippen LogP contribution in [0, 0.1) is 0 Å². The molecule has 0 saturated carbocycles. The molecule has 0 saturated heterocycles. The molecule has 0 aliphatic carbocycles. The third kappa shape index (κ3) is 690. The van der Waals surface area contributed by atoms with E-state index in [1.165, 1.54) is 0 Å². The zero-order chi connectivity index (χ0) is 20.0. The minimum atomic E-state index is -3.72. The van der Waals surface area contributed by atoms with E-state index in [2.05, 4.69) is 109 Å². The fourth-order valence-electron chi connectivity index (χ4n) is 0. The van der Waals surface area contributed by atoms with Crippen LogP contribution in [0.15, 0.2) is 0 Å². The first-order chi connectivity index (χ1) is 9.00. The van der Waals surface area contributed by atoms with Crippen LogP contribution < -0.4 is 39.1 Å². The van der Waals surface area contributed by atoms with Crippen LogP contribution in [-0.4, -0.2) is 4.21 Å². The van der Waals surface area contributed by atoms with Crippen molar-refractivity contribution in [1.29, 1.82) is 0 Å². The molecular formula is Mo3O9P4S9. The van der Waals surface area contributed by atoms with Crippen LogP contribution in [0.3, 0.4) is 0 Å². The molecule has 0 atom stereocenters. The summed E-state index contributed by atoms with van der Waals surface area (Å²) in [7, 11) is 0. The smallest absolute Gasteiger partial charge is 0.850 e. The van der Waals surface area contributed by atoms with Gasteiger partial charge in [-0.05, 0) is 0 Å². The van der Waals surface area contributed by atoms with Crippen LogP contribution >= 0.6 is 22.8 Å². The zero-order valence-corrected chi connectivity index (χ0v) is 27.3. The molecule has 0 bridgehead atoms. The largest absolute Gasteiger partial charge is 4.00 e. The molecule has 0 heterocycles. The van der Waals surface area contributed by atoms with Crippen molar-refractivity contribution in [2.24, 2.45) is 0 Å². The van der Waals surface area contributed by atoms with Crippen molar-refractivity contribution in [2.45, 2.75) is 0 Å². The number of hydrogen-bond donors (Lipinski definition) is 0. The Morgan fingerprint density at radius 2 is 0.440 bits per heavy atom. The van der Waals surface area contributed by atoms with Gasteiger partial charge in [-0.15, -0.1) is 0 Å². The first kappa shape index (κ1) is 52.6. The van der Waals surface area contributed by atoms with Crippen molar-refractivity contribution in [3.63, 3.8) is 0 Å². The summed E-state index contributed by atoms with van der Waals surface area (Å²) in [6, 6.07) is 0. The maximum absolute atomic E-state index is 9.29. The molecule has 0 rings (SSSR count). The summed E-state index contributed by atoms with van der Waals surface area (Å²) >= 11 is 32.0. The van der Waals surface area contributed by atoms with E-state index in [1.54, 1.807) is 0 Å². The van der Waals surface area contributed by atoms with E-state index in [0.717, 1.165) is 0 Å². The SMILES string of the molecule is O=S.[Mo+4].[Mo+4].[Mo+4].[O-]P([O-])(=S)[S-].[O-]P([O-])(=S)[S-].[O-]P([O-])(=S)[S-].[O-]P([O-])(=S)[S-]. The van der Waals surface area contributed by atoms with Crippen molar-refractivity contribution in [3.8, 4) is 0 Å². The maximum Gasteiger partial charge on any atom is 4.00 e. The summed E-state index contributed by atoms with van der Waals surface area (Å²) in [5.41, 5.74) is -14.9. The van der Waals surface area contributed by atoms with Gasteiger partial charge in [-0.1, -0.05) is 0 Å². The van der Waals surface area contributed by atoms with Crippen molar-refractivity contribution >= 4 is 132 Å². The van der Waals surface area contributed by atoms with Gasteiger partial charge in [0.1, 0.15) is 0 Å². The average molecular weight is 844 g/mol. The minimum absolute atomic E-state index is 0. The first-order valence-corrected chi connectivity index (χ1v) is 18.0. The molecule has 25 heteroatoms. The normalized spacial score (nSPS) is 9.60. The molecule has 25 heavy (non-hydrogen) atoms. The van der Waals surface area contributed by atoms with E-state index in [-0.39, 0.29) is 63.2 Å². The van der Waals surface area contributed by atoms with Crippen LogP contribution in [0.2, 0.25) is 0 Å². The van der Waals surface area contributed by atoms with E-state index >= 15 is 0 Å². The predicted molar refractivity (Wildman–Crippen MR) is 94.7 cm³/mol. The van der Waals surface area contributed by atoms with Gasteiger partial charge in [-0.2, -0.15) is 51.4 Å². The second-order valence-corrected chi connectivity index (χ2v) is 19.7. The molecule has 0 amide bonds. The molecule has 0 aromatic carbocycles. The Morgan fingerprint density at radius 3 is 0.440 bits per heavy atom. The first-order valence-electron chi connectivity index (χ1n) is 3.09. The molecule has 0 aliphatic heterocycles. The molecule has 0 fully saturated rings. The molecular weight excluding hydrogens is 844 g/mol. The van der Waals surface area contributed by atoms with Gasteiger partial charge in [0.2, 0.25) is 0 Å². The fraction of sp³-hybridized carbons (Fsp3) is 0. The maximum atomic E-state index is 9.29. The summed E-state index contributed by atoms with van der Waals surface area (Å²) in [6.45, 7) is 0. The van der Waals surface area contributed by atoms with Crippen LogP contribution in [-0.2, 0) is 172 Å². The minimum Gasteiger partial charge on any atom is -0.850 e. The van der Waals surface area contributed by atoms with Gasteiger partial charge in [-0.3, -0.25) is 0 Å². The van der Waals surface area contributed by atoms with Gasteiger partial charge in [0, 0.05) is 0 Å². The van der Waals surface area contributed by atoms with Crippen molar-refractivity contribution in [1.82, 2.24) is 0 Å². The Balaban J connectivity index is -0.0000000239. The van der Waals surface area contributed by atoms with Gasteiger partial charge in [0.25, 0.3) is 0 Å². The van der Waals surface area contributed by atoms with Crippen LogP contribution in [0.1, 0.15) is 0 Å². The van der Waals surface area contributed by atoms with Crippen LogP contribution in [0.4, 0.5) is 0 Å². The Labute approximate surface area is 234 Å². The quantitative estimate of drug-likeness (QED) is 0.127. The second kappa shape index (κ2) is 27.8. The van der Waals surface area contributed by atoms with Gasteiger partial charge in [0.15, 0.2) is 12.5 Å². The standard InChI is InChI=1S/3Mo.4H3O2PS2.OS/c;;;4*1-3(2,4)5;1-2/h;;;4*(H3,1,2,4,5);/q3*+4;;;;;/p-12. The summed E-state index contributed by atoms with van der Waals surface area (Å²) in [4.78, 5) is 74.3. The van der Waals surface area contributed by atoms with E-state index in [4.69, 9.17) is 4.21 Å². The van der Waals surface area contributed by atoms with Gasteiger partial charge < -0.3 is 111 Å². The van der Waals surface area contributed by atoms with E-state index in [9.17, 15) is 39.1 Å². The molecule has 0 spiro atoms. The molecule has 0 N–H and O–H groups in total. The number of rotatable bonds is 0. The monoisotopic (exact) mass is 849 g/mol. The van der Waals surface area contributed by atoms with E-state index < -0.39 is 22.8 Å². The average Bonchev–Trinajstić information content (AvgIpc) is 1.92. The van der Waals surface area contributed by atoms with Gasteiger partial charge in [-0.25, -0.2) is 0 Å². The van der Waals surface area contributed by atoms with Crippen LogP contribution in [0.5, 0.6) is 0 Å². The Kier molecular flexibility index (Phi) is 58.5. The summed E-state index contributed by atoms with van der Waals surface area (Å²) in [6.07, 6.45) is 0. The summed E-state index contributed by atoms with van der Waals surface area (Å²) < 4.78 is 7.83. The summed E-state index contributed by atoms with van der Waals surface area (Å²) in [5, 5.41) is 0.